The molecule has 0 saturated carbocycles. The van der Waals surface area contributed by atoms with E-state index in [0.717, 1.165) is 24.6 Å². The Labute approximate surface area is 130 Å². The summed E-state index contributed by atoms with van der Waals surface area (Å²) in [5, 5.41) is 3.35. The number of hydrogen-bond acceptors (Lipinski definition) is 3. The predicted octanol–water partition coefficient (Wildman–Crippen LogP) is 4.15. The van der Waals surface area contributed by atoms with Gasteiger partial charge in [0.25, 0.3) is 0 Å². The van der Waals surface area contributed by atoms with Crippen molar-refractivity contribution >= 4 is 0 Å². The van der Waals surface area contributed by atoms with Gasteiger partial charge in [-0.3, -0.25) is 0 Å². The maximum Gasteiger partial charge on any atom is 0.119 e. The lowest BCUT2D eigenvalue weighted by Crippen LogP contribution is -2.11. The third kappa shape index (κ3) is 4.24. The zero-order valence-electron chi connectivity index (χ0n) is 12.4. The summed E-state index contributed by atoms with van der Waals surface area (Å²) in [6.07, 6.45) is 1.69. The zero-order chi connectivity index (χ0) is 15.0. The van der Waals surface area contributed by atoms with Crippen LogP contribution in [0.1, 0.15) is 16.9 Å². The summed E-state index contributed by atoms with van der Waals surface area (Å²) < 4.78 is 11.1. The molecule has 0 saturated heterocycles. The Bertz CT molecular complexity index is 660. The first-order valence-corrected chi connectivity index (χ1v) is 7.39. The smallest absolute Gasteiger partial charge is 0.119 e. The Kier molecular flexibility index (Phi) is 4.90. The first-order valence-electron chi connectivity index (χ1n) is 7.39. The van der Waals surface area contributed by atoms with Crippen molar-refractivity contribution in [1.82, 2.24) is 5.32 Å². The van der Waals surface area contributed by atoms with Crippen molar-refractivity contribution in [3.05, 3.63) is 89.9 Å². The third-order valence-electron chi connectivity index (χ3n) is 3.38. The molecule has 0 aliphatic carbocycles. The zero-order valence-corrected chi connectivity index (χ0v) is 12.4. The van der Waals surface area contributed by atoms with E-state index >= 15 is 0 Å². The van der Waals surface area contributed by atoms with Gasteiger partial charge in [0, 0.05) is 6.54 Å². The number of ether oxygens (including phenoxy) is 1. The largest absolute Gasteiger partial charge is 0.489 e. The molecule has 2 aromatic carbocycles. The van der Waals surface area contributed by atoms with Gasteiger partial charge in [0.2, 0.25) is 0 Å². The van der Waals surface area contributed by atoms with E-state index in [9.17, 15) is 0 Å². The first kappa shape index (κ1) is 14.4. The molecule has 3 rings (SSSR count). The fourth-order valence-electron chi connectivity index (χ4n) is 2.19. The normalized spacial score (nSPS) is 10.5. The SMILES string of the molecule is c1ccc(COc2ccc(CNCc3ccco3)cc2)cc1. The van der Waals surface area contributed by atoms with Crippen LogP contribution in [0, 0.1) is 0 Å². The summed E-state index contributed by atoms with van der Waals surface area (Å²) >= 11 is 0. The van der Waals surface area contributed by atoms with Gasteiger partial charge in [-0.05, 0) is 35.4 Å². The summed E-state index contributed by atoms with van der Waals surface area (Å²) in [7, 11) is 0. The Morgan fingerprint density at radius 1 is 0.773 bits per heavy atom. The van der Waals surface area contributed by atoms with Gasteiger partial charge < -0.3 is 14.5 Å². The van der Waals surface area contributed by atoms with Crippen LogP contribution in [0.5, 0.6) is 5.75 Å². The molecule has 1 aromatic heterocycles. The van der Waals surface area contributed by atoms with Gasteiger partial charge in [-0.15, -0.1) is 0 Å². The van der Waals surface area contributed by atoms with Crippen LogP contribution in [-0.2, 0) is 19.7 Å². The number of nitrogens with one attached hydrogen (secondary N) is 1. The highest BCUT2D eigenvalue weighted by molar-refractivity contribution is 5.27. The highest BCUT2D eigenvalue weighted by Gasteiger charge is 1.98. The lowest BCUT2D eigenvalue weighted by atomic mass is 10.2. The number of furan rings is 1. The molecule has 0 aliphatic rings. The maximum absolute atomic E-state index is 5.78. The molecule has 0 fully saturated rings. The Balaban J connectivity index is 1.45. The van der Waals surface area contributed by atoms with Gasteiger partial charge in [-0.1, -0.05) is 42.5 Å². The van der Waals surface area contributed by atoms with Crippen LogP contribution in [0.15, 0.2) is 77.4 Å². The van der Waals surface area contributed by atoms with Gasteiger partial charge in [0.05, 0.1) is 12.8 Å². The van der Waals surface area contributed by atoms with Crippen LogP contribution in [0.3, 0.4) is 0 Å². The molecular formula is C19H19NO2. The van der Waals surface area contributed by atoms with Crippen molar-refractivity contribution < 1.29 is 9.15 Å². The summed E-state index contributed by atoms with van der Waals surface area (Å²) in [6, 6.07) is 22.2. The van der Waals surface area contributed by atoms with Gasteiger partial charge in [0.1, 0.15) is 18.1 Å². The minimum absolute atomic E-state index is 0.594. The molecule has 0 bridgehead atoms. The molecule has 0 spiro atoms. The van der Waals surface area contributed by atoms with E-state index in [1.807, 2.05) is 42.5 Å². The van der Waals surface area contributed by atoms with Crippen molar-refractivity contribution in [2.45, 2.75) is 19.7 Å². The minimum atomic E-state index is 0.594. The topological polar surface area (TPSA) is 34.4 Å². The molecule has 22 heavy (non-hydrogen) atoms. The van der Waals surface area contributed by atoms with E-state index in [2.05, 4.69) is 29.6 Å². The van der Waals surface area contributed by atoms with E-state index in [1.165, 1.54) is 11.1 Å². The highest BCUT2D eigenvalue weighted by Crippen LogP contribution is 2.14. The van der Waals surface area contributed by atoms with E-state index in [1.54, 1.807) is 6.26 Å². The molecule has 112 valence electrons. The molecule has 3 heteroatoms. The van der Waals surface area contributed by atoms with Gasteiger partial charge in [0.15, 0.2) is 0 Å². The average molecular weight is 293 g/mol. The van der Waals surface area contributed by atoms with Gasteiger partial charge in [-0.2, -0.15) is 0 Å². The average Bonchev–Trinajstić information content (AvgIpc) is 3.08. The second kappa shape index (κ2) is 7.48. The lowest BCUT2D eigenvalue weighted by Gasteiger charge is -2.08. The Hall–Kier alpha value is -2.52. The molecule has 3 aromatic rings. The predicted molar refractivity (Wildman–Crippen MR) is 86.5 cm³/mol. The molecule has 0 amide bonds. The molecule has 1 N–H and O–H groups in total. The number of benzene rings is 2. The molecule has 0 radical (unpaired) electrons. The molecule has 0 atom stereocenters. The van der Waals surface area contributed by atoms with Crippen LogP contribution >= 0.6 is 0 Å². The summed E-state index contributed by atoms with van der Waals surface area (Å²) in [6.45, 7) is 2.13. The molecule has 1 heterocycles. The summed E-state index contributed by atoms with van der Waals surface area (Å²) in [5.41, 5.74) is 2.39. The van der Waals surface area contributed by atoms with E-state index < -0.39 is 0 Å². The lowest BCUT2D eigenvalue weighted by molar-refractivity contribution is 0.306. The Morgan fingerprint density at radius 2 is 1.59 bits per heavy atom. The maximum atomic E-state index is 5.78. The van der Waals surface area contributed by atoms with Crippen LogP contribution in [0.2, 0.25) is 0 Å². The van der Waals surface area contributed by atoms with Crippen molar-refractivity contribution in [3.8, 4) is 5.75 Å². The van der Waals surface area contributed by atoms with Crippen LogP contribution < -0.4 is 10.1 Å². The number of rotatable bonds is 7. The first-order chi connectivity index (χ1) is 10.9. The van der Waals surface area contributed by atoms with E-state index in [-0.39, 0.29) is 0 Å². The van der Waals surface area contributed by atoms with Crippen LogP contribution in [-0.4, -0.2) is 0 Å². The van der Waals surface area contributed by atoms with Crippen LogP contribution in [0.25, 0.3) is 0 Å². The van der Waals surface area contributed by atoms with Crippen molar-refractivity contribution in [1.29, 1.82) is 0 Å². The van der Waals surface area contributed by atoms with Crippen LogP contribution in [0.4, 0.5) is 0 Å². The quantitative estimate of drug-likeness (QED) is 0.710. The second-order valence-electron chi connectivity index (χ2n) is 5.10. The van der Waals surface area contributed by atoms with Gasteiger partial charge >= 0.3 is 0 Å². The Morgan fingerprint density at radius 3 is 2.32 bits per heavy atom. The minimum Gasteiger partial charge on any atom is -0.489 e. The second-order valence-corrected chi connectivity index (χ2v) is 5.10. The number of hydrogen-bond donors (Lipinski definition) is 1. The molecule has 0 aliphatic heterocycles. The fraction of sp³-hybridized carbons (Fsp3) is 0.158. The fourth-order valence-corrected chi connectivity index (χ4v) is 2.19. The molecular weight excluding hydrogens is 274 g/mol. The van der Waals surface area contributed by atoms with Crippen molar-refractivity contribution in [2.75, 3.05) is 0 Å². The summed E-state index contributed by atoms with van der Waals surface area (Å²) in [5.74, 6) is 1.83. The standard InChI is InChI=1S/C19H19NO2/c1-2-5-17(6-3-1)15-22-18-10-8-16(9-11-18)13-20-14-19-7-4-12-21-19/h1-12,20H,13-15H2. The highest BCUT2D eigenvalue weighted by atomic mass is 16.5. The molecule has 3 nitrogen and oxygen atoms in total. The monoisotopic (exact) mass is 293 g/mol. The van der Waals surface area contributed by atoms with Crippen molar-refractivity contribution in [3.63, 3.8) is 0 Å². The van der Waals surface area contributed by atoms with E-state index in [0.29, 0.717) is 6.61 Å². The van der Waals surface area contributed by atoms with Gasteiger partial charge in [-0.25, -0.2) is 0 Å². The van der Waals surface area contributed by atoms with E-state index in [4.69, 9.17) is 9.15 Å². The summed E-state index contributed by atoms with van der Waals surface area (Å²) in [4.78, 5) is 0. The third-order valence-corrected chi connectivity index (χ3v) is 3.38. The molecule has 0 unspecified atom stereocenters. The van der Waals surface area contributed by atoms with Crippen molar-refractivity contribution in [2.24, 2.45) is 0 Å².